The summed E-state index contributed by atoms with van der Waals surface area (Å²) >= 11 is 0. The van der Waals surface area contributed by atoms with Crippen LogP contribution in [0.25, 0.3) is 11.3 Å². The van der Waals surface area contributed by atoms with Gasteiger partial charge in [0.2, 0.25) is 0 Å². The van der Waals surface area contributed by atoms with Crippen molar-refractivity contribution in [3.05, 3.63) is 36.0 Å². The Morgan fingerprint density at radius 1 is 1.32 bits per heavy atom. The number of piperidine rings is 1. The minimum atomic E-state index is 0.0107. The molecule has 0 aliphatic carbocycles. The van der Waals surface area contributed by atoms with Gasteiger partial charge in [0.05, 0.1) is 12.8 Å². The summed E-state index contributed by atoms with van der Waals surface area (Å²) in [4.78, 5) is 14.6. The third kappa shape index (κ3) is 4.20. The highest BCUT2D eigenvalue weighted by atomic mass is 16.5. The molecule has 0 spiro atoms. The number of methoxy groups -OCH3 is 1. The summed E-state index contributed by atoms with van der Waals surface area (Å²) in [5, 5.41) is 7.16. The number of nitrogens with zero attached hydrogens (tertiary/aromatic N) is 2. The van der Waals surface area contributed by atoms with Gasteiger partial charge in [0.1, 0.15) is 11.4 Å². The van der Waals surface area contributed by atoms with E-state index in [1.807, 2.05) is 42.2 Å². The second-order valence-electron chi connectivity index (χ2n) is 6.29. The Labute approximate surface area is 148 Å². The van der Waals surface area contributed by atoms with Crippen molar-refractivity contribution in [1.29, 1.82) is 0 Å². The number of benzene rings is 1. The van der Waals surface area contributed by atoms with Crippen LogP contribution in [0.3, 0.4) is 0 Å². The first kappa shape index (κ1) is 17.5. The van der Waals surface area contributed by atoms with Crippen LogP contribution in [0.2, 0.25) is 0 Å². The molecule has 1 aromatic carbocycles. The first-order valence-electron chi connectivity index (χ1n) is 8.78. The molecule has 2 aromatic rings. The zero-order chi connectivity index (χ0) is 17.6. The van der Waals surface area contributed by atoms with Crippen LogP contribution in [0.15, 0.2) is 30.3 Å². The highest BCUT2D eigenvalue weighted by Crippen LogP contribution is 2.24. The highest BCUT2D eigenvalue weighted by Gasteiger charge is 2.25. The van der Waals surface area contributed by atoms with Crippen LogP contribution in [0.5, 0.6) is 5.75 Å². The van der Waals surface area contributed by atoms with Crippen LogP contribution in [-0.2, 0) is 4.74 Å². The Hall–Kier alpha value is -2.34. The van der Waals surface area contributed by atoms with Gasteiger partial charge in [-0.25, -0.2) is 0 Å². The number of hydrogen-bond donors (Lipinski definition) is 1. The van der Waals surface area contributed by atoms with Gasteiger partial charge in [-0.05, 0) is 43.9 Å². The molecule has 0 atom stereocenters. The van der Waals surface area contributed by atoms with E-state index in [0.717, 1.165) is 56.2 Å². The lowest BCUT2D eigenvalue weighted by molar-refractivity contribution is 0.0547. The maximum atomic E-state index is 12.7. The number of aromatic amines is 1. The van der Waals surface area contributed by atoms with Crippen LogP contribution >= 0.6 is 0 Å². The van der Waals surface area contributed by atoms with Crippen molar-refractivity contribution < 1.29 is 14.3 Å². The van der Waals surface area contributed by atoms with Crippen molar-refractivity contribution in [3.63, 3.8) is 0 Å². The smallest absolute Gasteiger partial charge is 0.271 e. The van der Waals surface area contributed by atoms with Crippen LogP contribution in [0.4, 0.5) is 0 Å². The van der Waals surface area contributed by atoms with E-state index in [4.69, 9.17) is 9.47 Å². The zero-order valence-corrected chi connectivity index (χ0v) is 14.8. The monoisotopic (exact) mass is 343 g/mol. The van der Waals surface area contributed by atoms with E-state index < -0.39 is 0 Å². The highest BCUT2D eigenvalue weighted by molar-refractivity contribution is 5.93. The molecular weight excluding hydrogens is 318 g/mol. The Morgan fingerprint density at radius 2 is 2.12 bits per heavy atom. The van der Waals surface area contributed by atoms with Crippen molar-refractivity contribution in [1.82, 2.24) is 15.1 Å². The molecule has 0 saturated carbocycles. The normalized spacial score (nSPS) is 15.4. The second-order valence-corrected chi connectivity index (χ2v) is 6.29. The number of likely N-dealkylation sites (tertiary alicyclic amines) is 1. The number of nitrogens with one attached hydrogen (secondary N) is 1. The zero-order valence-electron chi connectivity index (χ0n) is 14.8. The Kier molecular flexibility index (Phi) is 5.71. The molecule has 134 valence electrons. The van der Waals surface area contributed by atoms with Gasteiger partial charge >= 0.3 is 0 Å². The average molecular weight is 343 g/mol. The number of rotatable bonds is 6. The van der Waals surface area contributed by atoms with E-state index in [-0.39, 0.29) is 5.91 Å². The number of hydrogen-bond acceptors (Lipinski definition) is 4. The van der Waals surface area contributed by atoms with Crippen LogP contribution in [-0.4, -0.2) is 54.4 Å². The molecule has 0 radical (unpaired) electrons. The minimum absolute atomic E-state index is 0.0107. The summed E-state index contributed by atoms with van der Waals surface area (Å²) < 4.78 is 10.7. The van der Waals surface area contributed by atoms with Gasteiger partial charge in [-0.1, -0.05) is 12.1 Å². The predicted molar refractivity (Wildman–Crippen MR) is 95.7 cm³/mol. The summed E-state index contributed by atoms with van der Waals surface area (Å²) in [6.07, 6.45) is 1.98. The van der Waals surface area contributed by atoms with E-state index >= 15 is 0 Å². The van der Waals surface area contributed by atoms with Gasteiger partial charge in [-0.15, -0.1) is 0 Å². The number of amides is 1. The van der Waals surface area contributed by atoms with Gasteiger partial charge in [-0.3, -0.25) is 9.89 Å². The fourth-order valence-electron chi connectivity index (χ4n) is 3.12. The molecule has 1 N–H and O–H groups in total. The van der Waals surface area contributed by atoms with E-state index in [0.29, 0.717) is 11.6 Å². The first-order chi connectivity index (χ1) is 12.2. The maximum absolute atomic E-state index is 12.7. The first-order valence-corrected chi connectivity index (χ1v) is 8.78. The van der Waals surface area contributed by atoms with Crippen molar-refractivity contribution in [3.8, 4) is 17.0 Å². The number of ether oxygens (including phenoxy) is 2. The minimum Gasteiger partial charge on any atom is -0.497 e. The lowest BCUT2D eigenvalue weighted by atomic mass is 9.97. The van der Waals surface area contributed by atoms with Crippen LogP contribution in [0, 0.1) is 5.92 Å². The van der Waals surface area contributed by atoms with Crippen molar-refractivity contribution in [2.75, 3.05) is 33.4 Å². The number of aromatic nitrogens is 2. The van der Waals surface area contributed by atoms with E-state index in [2.05, 4.69) is 10.2 Å². The van der Waals surface area contributed by atoms with Gasteiger partial charge in [0.25, 0.3) is 5.91 Å². The molecule has 1 fully saturated rings. The molecule has 1 aliphatic rings. The van der Waals surface area contributed by atoms with Gasteiger partial charge in [0.15, 0.2) is 0 Å². The summed E-state index contributed by atoms with van der Waals surface area (Å²) in [6.45, 7) is 5.09. The van der Waals surface area contributed by atoms with E-state index in [9.17, 15) is 4.79 Å². The quantitative estimate of drug-likeness (QED) is 0.875. The maximum Gasteiger partial charge on any atom is 0.271 e. The Bertz CT molecular complexity index is 705. The molecule has 25 heavy (non-hydrogen) atoms. The molecule has 2 heterocycles. The second kappa shape index (κ2) is 8.16. The van der Waals surface area contributed by atoms with Crippen molar-refractivity contribution in [2.24, 2.45) is 5.92 Å². The topological polar surface area (TPSA) is 67.4 Å². The molecule has 0 unspecified atom stereocenters. The number of H-pyrrole nitrogens is 1. The lowest BCUT2D eigenvalue weighted by Crippen LogP contribution is -2.39. The molecule has 6 heteroatoms. The summed E-state index contributed by atoms with van der Waals surface area (Å²) in [5.41, 5.74) is 2.19. The lowest BCUT2D eigenvalue weighted by Gasteiger charge is -2.31. The van der Waals surface area contributed by atoms with Gasteiger partial charge in [0, 0.05) is 31.9 Å². The molecule has 1 aromatic heterocycles. The van der Waals surface area contributed by atoms with E-state index in [1.54, 1.807) is 7.11 Å². The third-order valence-corrected chi connectivity index (χ3v) is 4.63. The number of carbonyl (C=O) groups excluding carboxylic acids is 1. The average Bonchev–Trinajstić information content (AvgIpc) is 3.16. The largest absolute Gasteiger partial charge is 0.497 e. The van der Waals surface area contributed by atoms with Crippen LogP contribution in [0.1, 0.15) is 30.3 Å². The van der Waals surface area contributed by atoms with Crippen LogP contribution < -0.4 is 4.74 Å². The number of carbonyl (C=O) groups is 1. The molecule has 6 nitrogen and oxygen atoms in total. The Morgan fingerprint density at radius 3 is 2.84 bits per heavy atom. The van der Waals surface area contributed by atoms with Crippen molar-refractivity contribution >= 4 is 5.91 Å². The third-order valence-electron chi connectivity index (χ3n) is 4.63. The van der Waals surface area contributed by atoms with Crippen molar-refractivity contribution in [2.45, 2.75) is 19.8 Å². The fourth-order valence-corrected chi connectivity index (χ4v) is 3.12. The Balaban J connectivity index is 1.63. The summed E-state index contributed by atoms with van der Waals surface area (Å²) in [5.74, 6) is 1.33. The molecule has 1 aliphatic heterocycles. The molecule has 0 bridgehead atoms. The van der Waals surface area contributed by atoms with Gasteiger partial charge in [-0.2, -0.15) is 5.10 Å². The SMILES string of the molecule is CCOCC1CCN(C(=O)c2cc(-c3cccc(OC)c3)n[nH]2)CC1. The van der Waals surface area contributed by atoms with E-state index in [1.165, 1.54) is 0 Å². The summed E-state index contributed by atoms with van der Waals surface area (Å²) in [7, 11) is 1.63. The molecular formula is C19H25N3O3. The molecule has 3 rings (SSSR count). The molecule has 1 amide bonds. The molecule has 1 saturated heterocycles. The standard InChI is InChI=1S/C19H25N3O3/c1-3-25-13-14-7-9-22(10-8-14)19(23)18-12-17(20-21-18)15-5-4-6-16(11-15)24-2/h4-6,11-12,14H,3,7-10,13H2,1-2H3,(H,20,21). The predicted octanol–water partition coefficient (Wildman–Crippen LogP) is 2.97. The fraction of sp³-hybridized carbons (Fsp3) is 0.474. The summed E-state index contributed by atoms with van der Waals surface area (Å²) in [6, 6.07) is 9.46. The van der Waals surface area contributed by atoms with Gasteiger partial charge < -0.3 is 14.4 Å².